The van der Waals surface area contributed by atoms with Crippen LogP contribution in [0.25, 0.3) is 0 Å². The lowest BCUT2D eigenvalue weighted by atomic mass is 10.0. The lowest BCUT2D eigenvalue weighted by Crippen LogP contribution is -2.35. The molecule has 0 aliphatic rings. The van der Waals surface area contributed by atoms with E-state index in [0.29, 0.717) is 11.7 Å². The first-order valence-corrected chi connectivity index (χ1v) is 10.3. The van der Waals surface area contributed by atoms with Crippen LogP contribution < -0.4 is 5.32 Å². The molecule has 3 rings (SSSR count). The molecule has 0 atom stereocenters. The molecule has 0 fully saturated rings. The number of imidazole rings is 1. The Hall–Kier alpha value is -2.73. The van der Waals surface area contributed by atoms with Gasteiger partial charge in [-0.2, -0.15) is 0 Å². The van der Waals surface area contributed by atoms with Gasteiger partial charge in [-0.05, 0) is 66.9 Å². The van der Waals surface area contributed by atoms with Gasteiger partial charge in [-0.15, -0.1) is 0 Å². The SMILES string of the molecule is CCc1cccc(NC(=S)N(CCCn2ccnc2)Cc2ccc(F)cc2)c1C. The Balaban J connectivity index is 1.71. The van der Waals surface area contributed by atoms with Gasteiger partial charge in [0.25, 0.3) is 0 Å². The first-order valence-electron chi connectivity index (χ1n) is 9.91. The highest BCUT2D eigenvalue weighted by Gasteiger charge is 2.13. The molecule has 0 radical (unpaired) electrons. The number of hydrogen-bond acceptors (Lipinski definition) is 2. The van der Waals surface area contributed by atoms with Crippen molar-refractivity contribution in [3.8, 4) is 0 Å². The second-order valence-corrected chi connectivity index (χ2v) is 7.46. The highest BCUT2D eigenvalue weighted by Crippen LogP contribution is 2.20. The van der Waals surface area contributed by atoms with Gasteiger partial charge in [0.2, 0.25) is 0 Å². The van der Waals surface area contributed by atoms with Gasteiger partial charge < -0.3 is 14.8 Å². The Labute approximate surface area is 177 Å². The van der Waals surface area contributed by atoms with E-state index in [1.807, 2.05) is 24.7 Å². The molecule has 0 saturated carbocycles. The number of hydrogen-bond donors (Lipinski definition) is 1. The summed E-state index contributed by atoms with van der Waals surface area (Å²) in [6.07, 6.45) is 7.47. The normalized spacial score (nSPS) is 10.7. The Bertz CT molecular complexity index is 923. The van der Waals surface area contributed by atoms with E-state index >= 15 is 0 Å². The third-order valence-corrected chi connectivity index (χ3v) is 5.41. The number of nitrogens with zero attached hydrogens (tertiary/aromatic N) is 3. The van der Waals surface area contributed by atoms with Crippen LogP contribution in [0.4, 0.5) is 10.1 Å². The summed E-state index contributed by atoms with van der Waals surface area (Å²) >= 11 is 5.76. The van der Waals surface area contributed by atoms with Gasteiger partial charge in [-0.3, -0.25) is 0 Å². The molecule has 0 aliphatic heterocycles. The largest absolute Gasteiger partial charge is 0.345 e. The van der Waals surface area contributed by atoms with E-state index in [9.17, 15) is 4.39 Å². The van der Waals surface area contributed by atoms with Gasteiger partial charge in [0.15, 0.2) is 5.11 Å². The zero-order valence-electron chi connectivity index (χ0n) is 16.9. The fourth-order valence-corrected chi connectivity index (χ4v) is 3.59. The number of anilines is 1. The Morgan fingerprint density at radius 1 is 1.21 bits per heavy atom. The summed E-state index contributed by atoms with van der Waals surface area (Å²) < 4.78 is 15.3. The summed E-state index contributed by atoms with van der Waals surface area (Å²) in [5.41, 5.74) is 4.59. The van der Waals surface area contributed by atoms with E-state index in [2.05, 4.69) is 51.8 Å². The molecule has 3 aromatic rings. The Morgan fingerprint density at radius 2 is 2.00 bits per heavy atom. The molecule has 29 heavy (non-hydrogen) atoms. The van der Waals surface area contributed by atoms with Crippen LogP contribution in [-0.2, 0) is 19.5 Å². The maximum atomic E-state index is 13.3. The first-order chi connectivity index (χ1) is 14.1. The van der Waals surface area contributed by atoms with Crippen molar-refractivity contribution < 1.29 is 4.39 Å². The zero-order chi connectivity index (χ0) is 20.6. The second kappa shape index (κ2) is 10.2. The van der Waals surface area contributed by atoms with E-state index < -0.39 is 0 Å². The van der Waals surface area contributed by atoms with Crippen molar-refractivity contribution in [2.45, 2.75) is 39.8 Å². The molecule has 6 heteroatoms. The summed E-state index contributed by atoms with van der Waals surface area (Å²) in [5.74, 6) is -0.229. The molecule has 0 amide bonds. The van der Waals surface area contributed by atoms with Crippen LogP contribution >= 0.6 is 12.2 Å². The van der Waals surface area contributed by atoms with Crippen LogP contribution in [-0.4, -0.2) is 26.1 Å². The molecule has 0 aliphatic carbocycles. The fraction of sp³-hybridized carbons (Fsp3) is 0.304. The number of aryl methyl sites for hydroxylation is 2. The van der Waals surface area contributed by atoms with Crippen molar-refractivity contribution in [1.82, 2.24) is 14.5 Å². The van der Waals surface area contributed by atoms with Crippen molar-refractivity contribution in [3.05, 3.63) is 83.7 Å². The number of thiocarbonyl (C=S) groups is 1. The highest BCUT2D eigenvalue weighted by molar-refractivity contribution is 7.80. The molecule has 4 nitrogen and oxygen atoms in total. The summed E-state index contributed by atoms with van der Waals surface area (Å²) in [6.45, 7) is 6.55. The van der Waals surface area contributed by atoms with Crippen LogP contribution in [0.15, 0.2) is 61.2 Å². The molecular formula is C23H27FN4S. The van der Waals surface area contributed by atoms with Crippen molar-refractivity contribution in [3.63, 3.8) is 0 Å². The standard InChI is InChI=1S/C23H27FN4S/c1-3-20-6-4-7-22(18(20)2)26-23(29)28(14-5-13-27-15-12-25-17-27)16-19-8-10-21(24)11-9-19/h4,6-12,15,17H,3,5,13-14,16H2,1-2H3,(H,26,29). The Kier molecular flexibility index (Phi) is 7.36. The summed E-state index contributed by atoms with van der Waals surface area (Å²) in [5, 5.41) is 4.10. The molecule has 1 heterocycles. The minimum Gasteiger partial charge on any atom is -0.345 e. The quantitative estimate of drug-likeness (QED) is 0.519. The van der Waals surface area contributed by atoms with Crippen LogP contribution in [0.1, 0.15) is 30.0 Å². The van der Waals surface area contributed by atoms with Crippen molar-refractivity contribution in [2.75, 3.05) is 11.9 Å². The summed E-state index contributed by atoms with van der Waals surface area (Å²) in [6, 6.07) is 12.9. The topological polar surface area (TPSA) is 33.1 Å². The lowest BCUT2D eigenvalue weighted by molar-refractivity contribution is 0.395. The van der Waals surface area contributed by atoms with Crippen LogP contribution in [0.3, 0.4) is 0 Å². The number of benzene rings is 2. The highest BCUT2D eigenvalue weighted by atomic mass is 32.1. The van der Waals surface area contributed by atoms with E-state index in [1.165, 1.54) is 23.3 Å². The smallest absolute Gasteiger partial charge is 0.173 e. The molecule has 1 aromatic heterocycles. The monoisotopic (exact) mass is 410 g/mol. The van der Waals surface area contributed by atoms with Crippen molar-refractivity contribution >= 4 is 23.0 Å². The molecule has 152 valence electrons. The van der Waals surface area contributed by atoms with Gasteiger partial charge in [0, 0.05) is 37.7 Å². The average molecular weight is 411 g/mol. The third-order valence-electron chi connectivity index (χ3n) is 5.05. The average Bonchev–Trinajstić information content (AvgIpc) is 3.24. The van der Waals surface area contributed by atoms with Crippen LogP contribution in [0.5, 0.6) is 0 Å². The predicted molar refractivity (Wildman–Crippen MR) is 120 cm³/mol. The Morgan fingerprint density at radius 3 is 2.69 bits per heavy atom. The molecular weight excluding hydrogens is 383 g/mol. The number of halogens is 1. The number of rotatable bonds is 8. The minimum atomic E-state index is -0.229. The molecule has 0 bridgehead atoms. The van der Waals surface area contributed by atoms with E-state index in [0.717, 1.165) is 37.2 Å². The summed E-state index contributed by atoms with van der Waals surface area (Å²) in [4.78, 5) is 6.23. The van der Waals surface area contributed by atoms with Crippen molar-refractivity contribution in [2.24, 2.45) is 0 Å². The number of nitrogens with one attached hydrogen (secondary N) is 1. The molecule has 0 saturated heterocycles. The fourth-order valence-electron chi connectivity index (χ4n) is 3.32. The number of aromatic nitrogens is 2. The van der Waals surface area contributed by atoms with Gasteiger partial charge in [-0.1, -0.05) is 31.2 Å². The van der Waals surface area contributed by atoms with Crippen LogP contribution in [0.2, 0.25) is 0 Å². The summed E-state index contributed by atoms with van der Waals surface area (Å²) in [7, 11) is 0. The first kappa shape index (κ1) is 21.0. The molecule has 2 aromatic carbocycles. The van der Waals surface area contributed by atoms with Gasteiger partial charge in [0.1, 0.15) is 5.82 Å². The predicted octanol–water partition coefficient (Wildman–Crippen LogP) is 5.18. The van der Waals surface area contributed by atoms with Gasteiger partial charge in [-0.25, -0.2) is 9.37 Å². The van der Waals surface area contributed by atoms with E-state index in [1.54, 1.807) is 6.20 Å². The lowest BCUT2D eigenvalue weighted by Gasteiger charge is -2.27. The second-order valence-electron chi connectivity index (χ2n) is 7.08. The van der Waals surface area contributed by atoms with E-state index in [4.69, 9.17) is 12.2 Å². The maximum absolute atomic E-state index is 13.3. The zero-order valence-corrected chi connectivity index (χ0v) is 17.8. The van der Waals surface area contributed by atoms with Crippen LogP contribution in [0, 0.1) is 12.7 Å². The van der Waals surface area contributed by atoms with E-state index in [-0.39, 0.29) is 5.82 Å². The minimum absolute atomic E-state index is 0.229. The molecule has 0 spiro atoms. The third kappa shape index (κ3) is 5.87. The maximum Gasteiger partial charge on any atom is 0.173 e. The van der Waals surface area contributed by atoms with Gasteiger partial charge in [0.05, 0.1) is 6.33 Å². The molecule has 0 unspecified atom stereocenters. The van der Waals surface area contributed by atoms with Crippen molar-refractivity contribution in [1.29, 1.82) is 0 Å². The molecule has 1 N–H and O–H groups in total. The van der Waals surface area contributed by atoms with Gasteiger partial charge >= 0.3 is 0 Å².